The standard InChI is InChI=1S/C24H26N6O4/c1-15-11-18(12-16(2)25-15)28-9-7-27(8-10-28)14-17-3-4-19-20(13-17)23(33)30(22(19)32)29-6-5-21(31)26-24(29)34/h3-4,11-13H,5-10,14H2,1-2H3,(H,26,31,34). The molecule has 3 aliphatic heterocycles. The first-order valence-electron chi connectivity index (χ1n) is 11.4. The Bertz CT molecular complexity index is 1180. The van der Waals surface area contributed by atoms with Gasteiger partial charge in [0, 0.05) is 56.2 Å². The second-order valence-electron chi connectivity index (χ2n) is 8.90. The maximum atomic E-state index is 13.0. The van der Waals surface area contributed by atoms with Crippen LogP contribution >= 0.6 is 0 Å². The average molecular weight is 463 g/mol. The molecule has 5 amide bonds. The monoisotopic (exact) mass is 462 g/mol. The first-order valence-corrected chi connectivity index (χ1v) is 11.4. The van der Waals surface area contributed by atoms with Crippen molar-refractivity contribution in [2.45, 2.75) is 26.8 Å². The molecule has 34 heavy (non-hydrogen) atoms. The van der Waals surface area contributed by atoms with Crippen LogP contribution in [0.1, 0.15) is 44.1 Å². The summed E-state index contributed by atoms with van der Waals surface area (Å²) in [6.07, 6.45) is 0.0367. The number of aryl methyl sites for hydroxylation is 2. The minimum Gasteiger partial charge on any atom is -0.369 e. The maximum Gasteiger partial charge on any atom is 0.343 e. The normalized spacial score (nSPS) is 19.1. The van der Waals surface area contributed by atoms with Crippen LogP contribution in [0, 0.1) is 13.8 Å². The molecule has 0 saturated carbocycles. The van der Waals surface area contributed by atoms with E-state index in [1.54, 1.807) is 12.1 Å². The molecular formula is C24H26N6O4. The molecule has 0 unspecified atom stereocenters. The van der Waals surface area contributed by atoms with Gasteiger partial charge in [-0.1, -0.05) is 6.07 Å². The van der Waals surface area contributed by atoms with Crippen molar-refractivity contribution < 1.29 is 19.2 Å². The van der Waals surface area contributed by atoms with Gasteiger partial charge in [-0.3, -0.25) is 29.6 Å². The molecule has 2 aromatic rings. The third-order valence-electron chi connectivity index (χ3n) is 6.41. The topological polar surface area (TPSA) is 106 Å². The van der Waals surface area contributed by atoms with Gasteiger partial charge < -0.3 is 4.90 Å². The number of rotatable bonds is 4. The molecule has 0 radical (unpaired) electrons. The molecule has 176 valence electrons. The molecule has 3 aliphatic rings. The van der Waals surface area contributed by atoms with Crippen LogP contribution in [-0.2, 0) is 11.3 Å². The summed E-state index contributed by atoms with van der Waals surface area (Å²) in [5.41, 5.74) is 4.70. The lowest BCUT2D eigenvalue weighted by atomic mass is 10.1. The predicted octanol–water partition coefficient (Wildman–Crippen LogP) is 1.47. The molecule has 2 saturated heterocycles. The average Bonchev–Trinajstić information content (AvgIpc) is 3.03. The number of nitrogens with one attached hydrogen (secondary N) is 1. The second-order valence-corrected chi connectivity index (χ2v) is 8.90. The van der Waals surface area contributed by atoms with Crippen molar-refractivity contribution in [3.05, 3.63) is 58.4 Å². The van der Waals surface area contributed by atoms with Crippen LogP contribution in [0.15, 0.2) is 30.3 Å². The summed E-state index contributed by atoms with van der Waals surface area (Å²) in [6.45, 7) is 8.19. The van der Waals surface area contributed by atoms with E-state index in [-0.39, 0.29) is 24.1 Å². The number of hydrazine groups is 1. The van der Waals surface area contributed by atoms with Crippen molar-refractivity contribution in [1.29, 1.82) is 0 Å². The summed E-state index contributed by atoms with van der Waals surface area (Å²) in [5, 5.41) is 4.00. The first kappa shape index (κ1) is 22.0. The van der Waals surface area contributed by atoms with Crippen molar-refractivity contribution in [2.24, 2.45) is 0 Å². The molecule has 1 aromatic carbocycles. The summed E-state index contributed by atoms with van der Waals surface area (Å²) in [4.78, 5) is 58.6. The number of carbonyl (C=O) groups excluding carboxylic acids is 4. The Morgan fingerprint density at radius 3 is 2.21 bits per heavy atom. The van der Waals surface area contributed by atoms with Crippen molar-refractivity contribution in [3.63, 3.8) is 0 Å². The van der Waals surface area contributed by atoms with Gasteiger partial charge in [-0.15, -0.1) is 0 Å². The number of pyridine rings is 1. The number of benzene rings is 1. The van der Waals surface area contributed by atoms with E-state index < -0.39 is 23.8 Å². The van der Waals surface area contributed by atoms with Gasteiger partial charge in [0.15, 0.2) is 0 Å². The van der Waals surface area contributed by atoms with Gasteiger partial charge in [0.05, 0.1) is 17.7 Å². The zero-order chi connectivity index (χ0) is 24.0. The third-order valence-corrected chi connectivity index (χ3v) is 6.41. The Balaban J connectivity index is 1.25. The Morgan fingerprint density at radius 1 is 0.853 bits per heavy atom. The molecule has 10 heteroatoms. The molecule has 0 aliphatic carbocycles. The Kier molecular flexibility index (Phi) is 5.52. The van der Waals surface area contributed by atoms with Crippen LogP contribution in [-0.4, -0.2) is 76.4 Å². The molecule has 1 aromatic heterocycles. The largest absolute Gasteiger partial charge is 0.369 e. The fourth-order valence-corrected chi connectivity index (χ4v) is 4.76. The summed E-state index contributed by atoms with van der Waals surface area (Å²) in [6, 6.07) is 8.70. The van der Waals surface area contributed by atoms with E-state index in [0.29, 0.717) is 6.54 Å². The highest BCUT2D eigenvalue weighted by Crippen LogP contribution is 2.27. The van der Waals surface area contributed by atoms with E-state index in [0.717, 1.165) is 53.1 Å². The van der Waals surface area contributed by atoms with E-state index in [2.05, 4.69) is 32.2 Å². The minimum absolute atomic E-state index is 0.0101. The van der Waals surface area contributed by atoms with Crippen LogP contribution < -0.4 is 10.2 Å². The molecular weight excluding hydrogens is 436 g/mol. The molecule has 0 bridgehead atoms. The number of aromatic nitrogens is 1. The number of fused-ring (bicyclic) bond motifs is 1. The molecule has 4 heterocycles. The molecule has 2 fully saturated rings. The van der Waals surface area contributed by atoms with Gasteiger partial charge >= 0.3 is 6.03 Å². The van der Waals surface area contributed by atoms with Gasteiger partial charge in [0.1, 0.15) is 0 Å². The Hall–Kier alpha value is -3.79. The highest BCUT2D eigenvalue weighted by atomic mass is 16.2. The first-order chi connectivity index (χ1) is 16.3. The minimum atomic E-state index is -0.761. The van der Waals surface area contributed by atoms with E-state index in [4.69, 9.17) is 0 Å². The lowest BCUT2D eigenvalue weighted by Crippen LogP contribution is -2.58. The molecule has 5 rings (SSSR count). The third kappa shape index (κ3) is 4.01. The van der Waals surface area contributed by atoms with Crippen LogP contribution in [0.25, 0.3) is 0 Å². The number of nitrogens with zero attached hydrogens (tertiary/aromatic N) is 5. The predicted molar refractivity (Wildman–Crippen MR) is 123 cm³/mol. The zero-order valence-corrected chi connectivity index (χ0v) is 19.2. The summed E-state index contributed by atoms with van der Waals surface area (Å²) in [5.74, 6) is -1.51. The number of amides is 5. The summed E-state index contributed by atoms with van der Waals surface area (Å²) < 4.78 is 0. The lowest BCUT2D eigenvalue weighted by Gasteiger charge is -2.36. The number of hydrogen-bond donors (Lipinski definition) is 1. The number of imide groups is 2. The number of hydrogen-bond acceptors (Lipinski definition) is 7. The van der Waals surface area contributed by atoms with E-state index >= 15 is 0 Å². The van der Waals surface area contributed by atoms with E-state index in [9.17, 15) is 19.2 Å². The maximum absolute atomic E-state index is 13.0. The summed E-state index contributed by atoms with van der Waals surface area (Å²) in [7, 11) is 0. The number of anilines is 1. The number of urea groups is 1. The SMILES string of the molecule is Cc1cc(N2CCN(Cc3ccc4c(c3)C(=O)N(N3CCC(=O)NC3=O)C4=O)CC2)cc(C)n1. The second kappa shape index (κ2) is 8.53. The smallest absolute Gasteiger partial charge is 0.343 e. The molecule has 10 nitrogen and oxygen atoms in total. The van der Waals surface area contributed by atoms with Gasteiger partial charge in [0.2, 0.25) is 5.91 Å². The van der Waals surface area contributed by atoms with E-state index in [1.165, 1.54) is 5.69 Å². The number of carbonyl (C=O) groups is 4. The lowest BCUT2D eigenvalue weighted by molar-refractivity contribution is -0.122. The van der Waals surface area contributed by atoms with Crippen LogP contribution in [0.2, 0.25) is 0 Å². The fourth-order valence-electron chi connectivity index (χ4n) is 4.76. The molecule has 0 spiro atoms. The van der Waals surface area contributed by atoms with Crippen LogP contribution in [0.5, 0.6) is 0 Å². The number of piperazine rings is 1. The van der Waals surface area contributed by atoms with Gasteiger partial charge in [-0.25, -0.2) is 9.80 Å². The van der Waals surface area contributed by atoms with Gasteiger partial charge in [0.25, 0.3) is 11.8 Å². The fraction of sp³-hybridized carbons (Fsp3) is 0.375. The zero-order valence-electron chi connectivity index (χ0n) is 19.2. The van der Waals surface area contributed by atoms with Gasteiger partial charge in [-0.05, 0) is 43.7 Å². The van der Waals surface area contributed by atoms with Crippen LogP contribution in [0.4, 0.5) is 10.5 Å². The molecule has 1 N–H and O–H groups in total. The van der Waals surface area contributed by atoms with Crippen molar-refractivity contribution >= 4 is 29.4 Å². The van der Waals surface area contributed by atoms with Crippen molar-refractivity contribution in [3.8, 4) is 0 Å². The molecule has 0 atom stereocenters. The highest BCUT2D eigenvalue weighted by Gasteiger charge is 2.43. The Labute approximate surface area is 197 Å². The van der Waals surface area contributed by atoms with Crippen molar-refractivity contribution in [1.82, 2.24) is 25.2 Å². The quantitative estimate of drug-likeness (QED) is 0.686. The van der Waals surface area contributed by atoms with Crippen molar-refractivity contribution in [2.75, 3.05) is 37.6 Å². The van der Waals surface area contributed by atoms with E-state index in [1.807, 2.05) is 19.9 Å². The van der Waals surface area contributed by atoms with Crippen LogP contribution in [0.3, 0.4) is 0 Å². The summed E-state index contributed by atoms with van der Waals surface area (Å²) >= 11 is 0. The van der Waals surface area contributed by atoms with Gasteiger partial charge in [-0.2, -0.15) is 5.01 Å². The highest BCUT2D eigenvalue weighted by molar-refractivity contribution is 6.22. The Morgan fingerprint density at radius 2 is 1.53 bits per heavy atom.